The fraction of sp³-hybridized carbons (Fsp3) is 0.462. The van der Waals surface area contributed by atoms with Crippen LogP contribution in [0.25, 0.3) is 0 Å². The number of methoxy groups -OCH3 is 1. The van der Waals surface area contributed by atoms with E-state index in [2.05, 4.69) is 25.4 Å². The number of hydrogen-bond acceptors (Lipinski definition) is 4. The number of carbonyl (C=O) groups is 1. The number of carbonyl (C=O) groups excluding carboxylic acids is 1. The zero-order valence-corrected chi connectivity index (χ0v) is 14.0. The molecule has 0 spiro atoms. The maximum absolute atomic E-state index is 13.6. The standard InChI is InChI=1S/C13H17BrFNO4S/c1-20-13(17)5-3-2-4-8-16-21(18,19)12-7-6-10(14)9-11(12)15/h6-7,9,16H,2-5,8H2,1H3. The smallest absolute Gasteiger partial charge is 0.305 e. The van der Waals surface area contributed by atoms with Crippen LogP contribution in [0.3, 0.4) is 0 Å². The predicted octanol–water partition coefficient (Wildman–Crippen LogP) is 2.60. The van der Waals surface area contributed by atoms with Gasteiger partial charge in [0, 0.05) is 17.4 Å². The van der Waals surface area contributed by atoms with Gasteiger partial charge in [-0.1, -0.05) is 22.4 Å². The summed E-state index contributed by atoms with van der Waals surface area (Å²) in [6, 6.07) is 3.78. The minimum Gasteiger partial charge on any atom is -0.469 e. The van der Waals surface area contributed by atoms with E-state index in [0.717, 1.165) is 6.07 Å². The zero-order valence-electron chi connectivity index (χ0n) is 11.6. The number of rotatable bonds is 8. The van der Waals surface area contributed by atoms with Gasteiger partial charge in [-0.15, -0.1) is 0 Å². The molecule has 0 aliphatic heterocycles. The highest BCUT2D eigenvalue weighted by molar-refractivity contribution is 9.10. The average Bonchev–Trinajstić information content (AvgIpc) is 2.41. The Kier molecular flexibility index (Phi) is 7.27. The van der Waals surface area contributed by atoms with Crippen molar-refractivity contribution < 1.29 is 22.3 Å². The van der Waals surface area contributed by atoms with Gasteiger partial charge in [-0.3, -0.25) is 4.79 Å². The molecule has 0 unspecified atom stereocenters. The van der Waals surface area contributed by atoms with E-state index < -0.39 is 15.8 Å². The molecule has 0 aliphatic carbocycles. The first-order valence-electron chi connectivity index (χ1n) is 6.38. The van der Waals surface area contributed by atoms with E-state index in [1.165, 1.54) is 19.2 Å². The molecule has 0 radical (unpaired) electrons. The fourth-order valence-electron chi connectivity index (χ4n) is 1.65. The highest BCUT2D eigenvalue weighted by Gasteiger charge is 2.18. The SMILES string of the molecule is COC(=O)CCCCCNS(=O)(=O)c1ccc(Br)cc1F. The summed E-state index contributed by atoms with van der Waals surface area (Å²) in [4.78, 5) is 10.5. The number of unbranched alkanes of at least 4 members (excludes halogenated alkanes) is 2. The van der Waals surface area contributed by atoms with Gasteiger partial charge in [0.05, 0.1) is 7.11 Å². The van der Waals surface area contributed by atoms with E-state index in [9.17, 15) is 17.6 Å². The molecule has 0 saturated heterocycles. The molecule has 0 atom stereocenters. The third-order valence-corrected chi connectivity index (χ3v) is 4.75. The lowest BCUT2D eigenvalue weighted by Crippen LogP contribution is -2.25. The molecule has 0 saturated carbocycles. The molecule has 8 heteroatoms. The lowest BCUT2D eigenvalue weighted by molar-refractivity contribution is -0.140. The summed E-state index contributed by atoms with van der Waals surface area (Å²) in [5.74, 6) is -1.09. The summed E-state index contributed by atoms with van der Waals surface area (Å²) in [5.41, 5.74) is 0. The molecule has 118 valence electrons. The summed E-state index contributed by atoms with van der Waals surface area (Å²) in [6.45, 7) is 0.193. The largest absolute Gasteiger partial charge is 0.469 e. The molecule has 21 heavy (non-hydrogen) atoms. The second kappa shape index (κ2) is 8.45. The molecule has 5 nitrogen and oxygen atoms in total. The number of hydrogen-bond donors (Lipinski definition) is 1. The van der Waals surface area contributed by atoms with Crippen LogP contribution in [0.1, 0.15) is 25.7 Å². The minimum atomic E-state index is -3.85. The first kappa shape index (κ1) is 18.1. The van der Waals surface area contributed by atoms with Crippen LogP contribution in [0, 0.1) is 5.82 Å². The Balaban J connectivity index is 2.42. The van der Waals surface area contributed by atoms with Gasteiger partial charge in [0.25, 0.3) is 0 Å². The van der Waals surface area contributed by atoms with Crippen LogP contribution < -0.4 is 4.72 Å². The Morgan fingerprint density at radius 2 is 2.05 bits per heavy atom. The Morgan fingerprint density at radius 1 is 1.33 bits per heavy atom. The van der Waals surface area contributed by atoms with Crippen molar-refractivity contribution in [3.05, 3.63) is 28.5 Å². The van der Waals surface area contributed by atoms with E-state index in [1.54, 1.807) is 0 Å². The molecule has 1 N–H and O–H groups in total. The van der Waals surface area contributed by atoms with Crippen LogP contribution >= 0.6 is 15.9 Å². The lowest BCUT2D eigenvalue weighted by atomic mass is 10.2. The second-order valence-electron chi connectivity index (χ2n) is 4.36. The average molecular weight is 382 g/mol. The van der Waals surface area contributed by atoms with E-state index in [4.69, 9.17) is 0 Å². The molecule has 1 aromatic rings. The second-order valence-corrected chi connectivity index (χ2v) is 7.01. The predicted molar refractivity (Wildman–Crippen MR) is 79.8 cm³/mol. The Hall–Kier alpha value is -0.990. The van der Waals surface area contributed by atoms with Gasteiger partial charge >= 0.3 is 5.97 Å². The van der Waals surface area contributed by atoms with Crippen LogP contribution in [0.15, 0.2) is 27.6 Å². The van der Waals surface area contributed by atoms with Crippen molar-refractivity contribution in [3.63, 3.8) is 0 Å². The van der Waals surface area contributed by atoms with Gasteiger partial charge in [-0.25, -0.2) is 17.5 Å². The molecular weight excluding hydrogens is 365 g/mol. The molecule has 0 aromatic heterocycles. The van der Waals surface area contributed by atoms with E-state index >= 15 is 0 Å². The van der Waals surface area contributed by atoms with Crippen molar-refractivity contribution >= 4 is 31.9 Å². The van der Waals surface area contributed by atoms with Gasteiger partial charge in [-0.2, -0.15) is 0 Å². The van der Waals surface area contributed by atoms with E-state index in [-0.39, 0.29) is 17.4 Å². The summed E-state index contributed by atoms with van der Waals surface area (Å²) in [6.07, 6.45) is 2.18. The van der Waals surface area contributed by atoms with Crippen molar-refractivity contribution in [3.8, 4) is 0 Å². The van der Waals surface area contributed by atoms with Crippen molar-refractivity contribution in [2.75, 3.05) is 13.7 Å². The number of halogens is 2. The normalized spacial score (nSPS) is 11.4. The third kappa shape index (κ3) is 6.11. The van der Waals surface area contributed by atoms with E-state index in [0.29, 0.717) is 30.2 Å². The van der Waals surface area contributed by atoms with Crippen LogP contribution in [0.5, 0.6) is 0 Å². The molecule has 1 rings (SSSR count). The highest BCUT2D eigenvalue weighted by atomic mass is 79.9. The number of ether oxygens (including phenoxy) is 1. The summed E-state index contributed by atoms with van der Waals surface area (Å²) in [5, 5.41) is 0. The van der Waals surface area contributed by atoms with Gasteiger partial charge < -0.3 is 4.74 Å². The van der Waals surface area contributed by atoms with Crippen LogP contribution in [-0.4, -0.2) is 28.0 Å². The number of nitrogens with one attached hydrogen (secondary N) is 1. The van der Waals surface area contributed by atoms with Crippen molar-refractivity contribution in [1.29, 1.82) is 0 Å². The first-order chi connectivity index (χ1) is 9.86. The summed E-state index contributed by atoms with van der Waals surface area (Å²) >= 11 is 3.07. The number of benzene rings is 1. The van der Waals surface area contributed by atoms with Crippen LogP contribution in [0.2, 0.25) is 0 Å². The van der Waals surface area contributed by atoms with Gasteiger partial charge in [0.15, 0.2) is 0 Å². The lowest BCUT2D eigenvalue weighted by Gasteiger charge is -2.08. The van der Waals surface area contributed by atoms with Gasteiger partial charge in [0.2, 0.25) is 10.0 Å². The van der Waals surface area contributed by atoms with Crippen molar-refractivity contribution in [1.82, 2.24) is 4.72 Å². The molecule has 0 fully saturated rings. The van der Waals surface area contributed by atoms with Crippen LogP contribution in [0.4, 0.5) is 4.39 Å². The monoisotopic (exact) mass is 381 g/mol. The summed E-state index contributed by atoms with van der Waals surface area (Å²) < 4.78 is 44.7. The maximum atomic E-state index is 13.6. The molecule has 0 bridgehead atoms. The quantitative estimate of drug-likeness (QED) is 0.554. The highest BCUT2D eigenvalue weighted by Crippen LogP contribution is 2.19. The fourth-order valence-corrected chi connectivity index (χ4v) is 3.12. The Labute approximate surface area is 132 Å². The third-order valence-electron chi connectivity index (χ3n) is 2.76. The molecule has 1 aromatic carbocycles. The molecule has 0 heterocycles. The molecular formula is C13H17BrFNO4S. The van der Waals surface area contributed by atoms with Gasteiger partial charge in [-0.05, 0) is 31.0 Å². The molecule has 0 amide bonds. The summed E-state index contributed by atoms with van der Waals surface area (Å²) in [7, 11) is -2.53. The maximum Gasteiger partial charge on any atom is 0.305 e. The minimum absolute atomic E-state index is 0.193. The number of sulfonamides is 1. The Morgan fingerprint density at radius 3 is 2.67 bits per heavy atom. The van der Waals surface area contributed by atoms with E-state index in [1.807, 2.05) is 0 Å². The van der Waals surface area contributed by atoms with Gasteiger partial charge in [0.1, 0.15) is 10.7 Å². The zero-order chi connectivity index (χ0) is 15.9. The van der Waals surface area contributed by atoms with Crippen molar-refractivity contribution in [2.45, 2.75) is 30.6 Å². The number of esters is 1. The molecule has 0 aliphatic rings. The van der Waals surface area contributed by atoms with Crippen molar-refractivity contribution in [2.24, 2.45) is 0 Å². The first-order valence-corrected chi connectivity index (χ1v) is 8.66. The topological polar surface area (TPSA) is 72.5 Å². The van der Waals surface area contributed by atoms with Crippen LogP contribution in [-0.2, 0) is 19.6 Å². The Bertz CT molecular complexity index is 592.